The molecule has 0 amide bonds. The molecule has 0 aromatic heterocycles. The minimum Gasteiger partial charge on any atom is -0.481 e. The number of carboxylic acid groups (broad SMARTS) is 1. The SMILES string of the molecule is N#Cc1ccc(Sc2cc(Cl)ccc2OCC(=O)O)c(Cl)c1. The maximum Gasteiger partial charge on any atom is 0.341 e. The Labute approximate surface area is 141 Å². The Kier molecular flexibility index (Phi) is 5.56. The summed E-state index contributed by atoms with van der Waals surface area (Å²) in [6, 6.07) is 11.8. The number of ether oxygens (including phenoxy) is 1. The van der Waals surface area contributed by atoms with Gasteiger partial charge in [0.2, 0.25) is 0 Å². The van der Waals surface area contributed by atoms with Gasteiger partial charge in [-0.2, -0.15) is 5.26 Å². The maximum absolute atomic E-state index is 10.6. The number of carboxylic acids is 1. The second-order valence-corrected chi connectivity index (χ2v) is 6.06. The van der Waals surface area contributed by atoms with Gasteiger partial charge in [-0.05, 0) is 36.4 Å². The Morgan fingerprint density at radius 3 is 2.64 bits per heavy atom. The highest BCUT2D eigenvalue weighted by Crippen LogP contribution is 2.39. The van der Waals surface area contributed by atoms with Crippen molar-refractivity contribution in [1.82, 2.24) is 0 Å². The zero-order valence-corrected chi connectivity index (χ0v) is 13.4. The lowest BCUT2D eigenvalue weighted by molar-refractivity contribution is -0.139. The first-order valence-corrected chi connectivity index (χ1v) is 7.58. The van der Waals surface area contributed by atoms with E-state index in [0.717, 1.165) is 0 Å². The highest BCUT2D eigenvalue weighted by atomic mass is 35.5. The molecule has 0 saturated heterocycles. The summed E-state index contributed by atoms with van der Waals surface area (Å²) in [6.07, 6.45) is 0. The number of nitriles is 1. The van der Waals surface area contributed by atoms with Gasteiger partial charge in [-0.25, -0.2) is 4.79 Å². The van der Waals surface area contributed by atoms with Crippen LogP contribution in [0.25, 0.3) is 0 Å². The molecule has 0 bridgehead atoms. The molecule has 0 aliphatic carbocycles. The predicted octanol–water partition coefficient (Wildman–Crippen LogP) is 4.48. The zero-order chi connectivity index (χ0) is 16.1. The van der Waals surface area contributed by atoms with Crippen molar-refractivity contribution in [3.8, 4) is 11.8 Å². The number of hydrogen-bond donors (Lipinski definition) is 1. The van der Waals surface area contributed by atoms with E-state index in [0.29, 0.717) is 31.1 Å². The molecule has 0 spiro atoms. The van der Waals surface area contributed by atoms with Crippen LogP contribution in [0.15, 0.2) is 46.2 Å². The third-order valence-corrected chi connectivity index (χ3v) is 4.31. The molecule has 0 aliphatic heterocycles. The van der Waals surface area contributed by atoms with Gasteiger partial charge in [0.25, 0.3) is 0 Å². The van der Waals surface area contributed by atoms with Crippen LogP contribution in [-0.4, -0.2) is 17.7 Å². The van der Waals surface area contributed by atoms with Gasteiger partial charge in [0.05, 0.1) is 21.6 Å². The van der Waals surface area contributed by atoms with Crippen molar-refractivity contribution in [2.24, 2.45) is 0 Å². The molecule has 4 nitrogen and oxygen atoms in total. The zero-order valence-electron chi connectivity index (χ0n) is 11.0. The van der Waals surface area contributed by atoms with E-state index >= 15 is 0 Å². The van der Waals surface area contributed by atoms with E-state index in [1.165, 1.54) is 11.8 Å². The second-order valence-electron chi connectivity index (χ2n) is 4.13. The topological polar surface area (TPSA) is 70.3 Å². The Morgan fingerprint density at radius 1 is 1.23 bits per heavy atom. The van der Waals surface area contributed by atoms with E-state index in [4.69, 9.17) is 38.3 Å². The summed E-state index contributed by atoms with van der Waals surface area (Å²) in [4.78, 5) is 12.0. The van der Waals surface area contributed by atoms with Crippen LogP contribution in [0.5, 0.6) is 5.75 Å². The van der Waals surface area contributed by atoms with E-state index < -0.39 is 12.6 Å². The summed E-state index contributed by atoms with van der Waals surface area (Å²) in [6.45, 7) is -0.448. The van der Waals surface area contributed by atoms with Crippen LogP contribution in [0.4, 0.5) is 0 Å². The van der Waals surface area contributed by atoms with Gasteiger partial charge in [0.15, 0.2) is 6.61 Å². The summed E-state index contributed by atoms with van der Waals surface area (Å²) < 4.78 is 5.24. The molecule has 0 aliphatic rings. The van der Waals surface area contributed by atoms with E-state index in [2.05, 4.69) is 0 Å². The van der Waals surface area contributed by atoms with E-state index in [-0.39, 0.29) is 0 Å². The van der Waals surface area contributed by atoms with Crippen LogP contribution in [0.2, 0.25) is 10.0 Å². The summed E-state index contributed by atoms with van der Waals surface area (Å²) in [5.41, 5.74) is 0.461. The minimum atomic E-state index is -1.07. The minimum absolute atomic E-state index is 0.400. The number of nitrogens with zero attached hydrogens (tertiary/aromatic N) is 1. The lowest BCUT2D eigenvalue weighted by Gasteiger charge is -2.11. The van der Waals surface area contributed by atoms with Crippen LogP contribution in [-0.2, 0) is 4.79 Å². The Balaban J connectivity index is 2.30. The van der Waals surface area contributed by atoms with Gasteiger partial charge < -0.3 is 9.84 Å². The first-order chi connectivity index (χ1) is 10.5. The van der Waals surface area contributed by atoms with E-state index in [1.807, 2.05) is 6.07 Å². The average molecular weight is 354 g/mol. The van der Waals surface area contributed by atoms with Crippen LogP contribution in [0, 0.1) is 11.3 Å². The first kappa shape index (κ1) is 16.5. The quantitative estimate of drug-likeness (QED) is 0.857. The maximum atomic E-state index is 10.6. The molecule has 22 heavy (non-hydrogen) atoms. The fourth-order valence-electron chi connectivity index (χ4n) is 1.59. The van der Waals surface area contributed by atoms with Gasteiger partial charge >= 0.3 is 5.97 Å². The summed E-state index contributed by atoms with van der Waals surface area (Å²) in [5.74, 6) is -0.667. The number of hydrogen-bond acceptors (Lipinski definition) is 4. The molecule has 0 atom stereocenters. The smallest absolute Gasteiger partial charge is 0.341 e. The Morgan fingerprint density at radius 2 is 2.00 bits per heavy atom. The van der Waals surface area contributed by atoms with Crippen molar-refractivity contribution in [1.29, 1.82) is 5.26 Å². The Bertz CT molecular complexity index is 759. The largest absolute Gasteiger partial charge is 0.481 e. The third-order valence-electron chi connectivity index (χ3n) is 2.54. The van der Waals surface area contributed by atoms with Gasteiger partial charge in [0, 0.05) is 9.92 Å². The highest BCUT2D eigenvalue weighted by molar-refractivity contribution is 7.99. The molecule has 112 valence electrons. The van der Waals surface area contributed by atoms with Gasteiger partial charge in [0.1, 0.15) is 5.75 Å². The normalized spacial score (nSPS) is 10.0. The molecular weight excluding hydrogens is 345 g/mol. The molecule has 0 unspecified atom stereocenters. The van der Waals surface area contributed by atoms with Gasteiger partial charge in [-0.1, -0.05) is 35.0 Å². The fourth-order valence-corrected chi connectivity index (χ4v) is 3.07. The molecule has 2 rings (SSSR count). The van der Waals surface area contributed by atoms with E-state index in [9.17, 15) is 4.79 Å². The lowest BCUT2D eigenvalue weighted by Crippen LogP contribution is -2.09. The van der Waals surface area contributed by atoms with Crippen molar-refractivity contribution in [3.05, 3.63) is 52.0 Å². The van der Waals surface area contributed by atoms with Crippen LogP contribution in [0.1, 0.15) is 5.56 Å². The van der Waals surface area contributed by atoms with Crippen LogP contribution < -0.4 is 4.74 Å². The second kappa shape index (κ2) is 7.41. The molecule has 0 radical (unpaired) electrons. The van der Waals surface area contributed by atoms with Crippen molar-refractivity contribution in [2.45, 2.75) is 9.79 Å². The van der Waals surface area contributed by atoms with Gasteiger partial charge in [-0.15, -0.1) is 0 Å². The number of rotatable bonds is 5. The molecular formula is C15H9Cl2NO3S. The highest BCUT2D eigenvalue weighted by Gasteiger charge is 2.11. The van der Waals surface area contributed by atoms with E-state index in [1.54, 1.807) is 36.4 Å². The third kappa shape index (κ3) is 4.31. The lowest BCUT2D eigenvalue weighted by atomic mass is 10.2. The molecule has 0 fully saturated rings. The molecule has 2 aromatic carbocycles. The first-order valence-electron chi connectivity index (χ1n) is 6.01. The van der Waals surface area contributed by atoms with Crippen molar-refractivity contribution in [3.63, 3.8) is 0 Å². The van der Waals surface area contributed by atoms with Crippen molar-refractivity contribution < 1.29 is 14.6 Å². The fraction of sp³-hybridized carbons (Fsp3) is 0.0667. The summed E-state index contributed by atoms with van der Waals surface area (Å²) in [7, 11) is 0. The number of carbonyl (C=O) groups is 1. The summed E-state index contributed by atoms with van der Waals surface area (Å²) in [5, 5.41) is 18.5. The van der Waals surface area contributed by atoms with Crippen molar-refractivity contribution >= 4 is 40.9 Å². The average Bonchev–Trinajstić information content (AvgIpc) is 2.48. The molecule has 7 heteroatoms. The molecule has 1 N–H and O–H groups in total. The van der Waals surface area contributed by atoms with Crippen LogP contribution >= 0.6 is 35.0 Å². The van der Waals surface area contributed by atoms with Crippen LogP contribution in [0.3, 0.4) is 0 Å². The number of aliphatic carboxylic acids is 1. The van der Waals surface area contributed by atoms with Crippen molar-refractivity contribution in [2.75, 3.05) is 6.61 Å². The standard InChI is InChI=1S/C15H9Cl2NO3S/c16-10-2-3-12(21-8-15(19)20)14(6-10)22-13-4-1-9(7-18)5-11(13)17/h1-6H,8H2,(H,19,20). The molecule has 2 aromatic rings. The van der Waals surface area contributed by atoms with Gasteiger partial charge in [-0.3, -0.25) is 0 Å². The number of benzene rings is 2. The molecule has 0 saturated carbocycles. The summed E-state index contributed by atoms with van der Waals surface area (Å²) >= 11 is 13.4. The predicted molar refractivity (Wildman–Crippen MR) is 84.9 cm³/mol. The number of halogens is 2. The monoisotopic (exact) mass is 353 g/mol. The molecule has 0 heterocycles. The Hall–Kier alpha value is -1.87.